The molecule has 1 heteroatoms. The van der Waals surface area contributed by atoms with Crippen molar-refractivity contribution in [3.63, 3.8) is 0 Å². The average molecular weight is 239 g/mol. The van der Waals surface area contributed by atoms with Crippen molar-refractivity contribution in [1.82, 2.24) is 0 Å². The maximum absolute atomic E-state index is 5.80. The molecule has 1 atom stereocenters. The Bertz CT molecular complexity index is 524. The maximum Gasteiger partial charge on any atom is 0.0266 e. The van der Waals surface area contributed by atoms with Crippen molar-refractivity contribution in [3.05, 3.63) is 72.8 Å². The minimum Gasteiger partial charge on any atom is -0.324 e. The van der Waals surface area contributed by atoms with Gasteiger partial charge in [-0.1, -0.05) is 61.2 Å². The number of rotatable bonds is 2. The zero-order valence-corrected chi connectivity index (χ0v) is 11.1. The Morgan fingerprint density at radius 2 is 1.78 bits per heavy atom. The fraction of sp³-hybridized carbons (Fsp3) is 0.176. The van der Waals surface area contributed by atoms with Crippen LogP contribution in [0.15, 0.2) is 67.3 Å². The van der Waals surface area contributed by atoms with E-state index in [4.69, 9.17) is 5.73 Å². The summed E-state index contributed by atoms with van der Waals surface area (Å²) in [6.07, 6.45) is 5.58. The summed E-state index contributed by atoms with van der Waals surface area (Å²) in [5.74, 6) is 0. The summed E-state index contributed by atoms with van der Waals surface area (Å²) in [4.78, 5) is 0. The average Bonchev–Trinajstić information content (AvgIpc) is 2.40. The summed E-state index contributed by atoms with van der Waals surface area (Å²) in [5.41, 5.74) is 7.00. The Morgan fingerprint density at radius 1 is 1.11 bits per heavy atom. The van der Waals surface area contributed by atoms with Gasteiger partial charge in [0, 0.05) is 6.04 Å². The molecule has 0 spiro atoms. The standard InChI is InChI=1S/C12H13N.C5H8/c1-9(13)11-7-6-10-4-2-3-5-12(10)8-11;1-3-5-4-2/h2-9H,13H2,1H3;3-5H,1H2,2H3/b;5-4-. The van der Waals surface area contributed by atoms with Crippen LogP contribution in [-0.4, -0.2) is 0 Å². The van der Waals surface area contributed by atoms with Gasteiger partial charge in [0.15, 0.2) is 0 Å². The summed E-state index contributed by atoms with van der Waals surface area (Å²) in [6, 6.07) is 14.8. The Labute approximate surface area is 110 Å². The van der Waals surface area contributed by atoms with Crippen LogP contribution in [0.1, 0.15) is 25.5 Å². The molecule has 2 aromatic rings. The molecule has 2 rings (SSSR count). The second-order valence-corrected chi connectivity index (χ2v) is 4.16. The molecule has 0 aliphatic carbocycles. The highest BCUT2D eigenvalue weighted by Crippen LogP contribution is 2.18. The van der Waals surface area contributed by atoms with Crippen molar-refractivity contribution in [2.45, 2.75) is 19.9 Å². The highest BCUT2D eigenvalue weighted by atomic mass is 14.6. The van der Waals surface area contributed by atoms with Gasteiger partial charge in [0.1, 0.15) is 0 Å². The summed E-state index contributed by atoms with van der Waals surface area (Å²) in [5, 5.41) is 2.53. The molecule has 0 aromatic heterocycles. The zero-order chi connectivity index (χ0) is 13.4. The first-order valence-electron chi connectivity index (χ1n) is 6.17. The van der Waals surface area contributed by atoms with Gasteiger partial charge in [-0.15, -0.1) is 0 Å². The van der Waals surface area contributed by atoms with Crippen molar-refractivity contribution in [2.24, 2.45) is 5.73 Å². The van der Waals surface area contributed by atoms with Gasteiger partial charge < -0.3 is 5.73 Å². The minimum absolute atomic E-state index is 0.115. The Balaban J connectivity index is 0.000000280. The van der Waals surface area contributed by atoms with E-state index in [1.54, 1.807) is 6.08 Å². The molecule has 1 nitrogen and oxygen atoms in total. The lowest BCUT2D eigenvalue weighted by atomic mass is 10.0. The molecule has 0 saturated carbocycles. The largest absolute Gasteiger partial charge is 0.324 e. The van der Waals surface area contributed by atoms with Crippen molar-refractivity contribution in [2.75, 3.05) is 0 Å². The van der Waals surface area contributed by atoms with E-state index in [2.05, 4.69) is 36.9 Å². The predicted molar refractivity (Wildman–Crippen MR) is 81.6 cm³/mol. The number of hydrogen-bond acceptors (Lipinski definition) is 1. The van der Waals surface area contributed by atoms with Crippen LogP contribution in [0.5, 0.6) is 0 Å². The lowest BCUT2D eigenvalue weighted by molar-refractivity contribution is 0.820. The lowest BCUT2D eigenvalue weighted by Crippen LogP contribution is -2.04. The Hall–Kier alpha value is -1.86. The quantitative estimate of drug-likeness (QED) is 0.761. The Kier molecular flexibility index (Phi) is 5.89. The third-order valence-electron chi connectivity index (χ3n) is 2.63. The van der Waals surface area contributed by atoms with Crippen molar-refractivity contribution < 1.29 is 0 Å². The molecule has 1 unspecified atom stereocenters. The highest BCUT2D eigenvalue weighted by Gasteiger charge is 1.99. The molecule has 0 aliphatic rings. The third kappa shape index (κ3) is 4.19. The Morgan fingerprint density at radius 3 is 2.28 bits per heavy atom. The van der Waals surface area contributed by atoms with Gasteiger partial charge in [-0.25, -0.2) is 0 Å². The minimum atomic E-state index is 0.115. The third-order valence-corrected chi connectivity index (χ3v) is 2.63. The first kappa shape index (κ1) is 14.2. The molecular weight excluding hydrogens is 218 g/mol. The first-order valence-corrected chi connectivity index (χ1v) is 6.17. The second-order valence-electron chi connectivity index (χ2n) is 4.16. The van der Waals surface area contributed by atoms with Crippen LogP contribution in [0.25, 0.3) is 10.8 Å². The molecular formula is C17H21N. The van der Waals surface area contributed by atoms with Crippen molar-refractivity contribution in [3.8, 4) is 0 Å². The van der Waals surface area contributed by atoms with E-state index in [9.17, 15) is 0 Å². The van der Waals surface area contributed by atoms with Gasteiger partial charge in [-0.05, 0) is 36.2 Å². The lowest BCUT2D eigenvalue weighted by Gasteiger charge is -2.06. The van der Waals surface area contributed by atoms with Gasteiger partial charge in [-0.3, -0.25) is 0 Å². The van der Waals surface area contributed by atoms with Gasteiger partial charge in [0.2, 0.25) is 0 Å². The highest BCUT2D eigenvalue weighted by molar-refractivity contribution is 5.83. The van der Waals surface area contributed by atoms with Crippen LogP contribution in [-0.2, 0) is 0 Å². The van der Waals surface area contributed by atoms with E-state index < -0.39 is 0 Å². The molecule has 0 radical (unpaired) electrons. The number of benzene rings is 2. The van der Waals surface area contributed by atoms with Crippen LogP contribution in [0.2, 0.25) is 0 Å². The molecule has 0 amide bonds. The summed E-state index contributed by atoms with van der Waals surface area (Å²) in [6.45, 7) is 7.43. The van der Waals surface area contributed by atoms with Crippen molar-refractivity contribution >= 4 is 10.8 Å². The zero-order valence-electron chi connectivity index (χ0n) is 11.1. The van der Waals surface area contributed by atoms with Gasteiger partial charge >= 0.3 is 0 Å². The van der Waals surface area contributed by atoms with E-state index in [1.165, 1.54) is 16.3 Å². The summed E-state index contributed by atoms with van der Waals surface area (Å²) >= 11 is 0. The topological polar surface area (TPSA) is 26.0 Å². The molecule has 0 bridgehead atoms. The molecule has 0 fully saturated rings. The number of fused-ring (bicyclic) bond motifs is 1. The van der Waals surface area contributed by atoms with Crippen LogP contribution < -0.4 is 5.73 Å². The SMILES string of the molecule is C=C/C=C\C.CC(N)c1ccc2ccccc2c1. The smallest absolute Gasteiger partial charge is 0.0266 e. The van der Waals surface area contributed by atoms with Crippen molar-refractivity contribution in [1.29, 1.82) is 0 Å². The van der Waals surface area contributed by atoms with E-state index in [-0.39, 0.29) is 6.04 Å². The molecule has 94 valence electrons. The number of nitrogens with two attached hydrogens (primary N) is 1. The summed E-state index contributed by atoms with van der Waals surface area (Å²) < 4.78 is 0. The number of hydrogen-bond donors (Lipinski definition) is 1. The van der Waals surface area contributed by atoms with E-state index in [1.807, 2.05) is 38.1 Å². The molecule has 18 heavy (non-hydrogen) atoms. The molecule has 2 N–H and O–H groups in total. The van der Waals surface area contributed by atoms with Crippen LogP contribution in [0.3, 0.4) is 0 Å². The van der Waals surface area contributed by atoms with Gasteiger partial charge in [-0.2, -0.15) is 0 Å². The molecule has 2 aromatic carbocycles. The number of allylic oxidation sites excluding steroid dienone is 3. The maximum atomic E-state index is 5.80. The fourth-order valence-corrected chi connectivity index (χ4v) is 1.63. The summed E-state index contributed by atoms with van der Waals surface area (Å²) in [7, 11) is 0. The van der Waals surface area contributed by atoms with E-state index >= 15 is 0 Å². The predicted octanol–water partition coefficient (Wildman–Crippen LogP) is 4.61. The molecule has 0 aliphatic heterocycles. The van der Waals surface area contributed by atoms with Gasteiger partial charge in [0.05, 0.1) is 0 Å². The molecule has 0 saturated heterocycles. The normalized spacial score (nSPS) is 11.9. The van der Waals surface area contributed by atoms with E-state index in [0.29, 0.717) is 0 Å². The molecule has 0 heterocycles. The van der Waals surface area contributed by atoms with E-state index in [0.717, 1.165) is 0 Å². The van der Waals surface area contributed by atoms with Crippen LogP contribution >= 0.6 is 0 Å². The fourth-order valence-electron chi connectivity index (χ4n) is 1.63. The second kappa shape index (κ2) is 7.46. The van der Waals surface area contributed by atoms with Gasteiger partial charge in [0.25, 0.3) is 0 Å². The monoisotopic (exact) mass is 239 g/mol. The first-order chi connectivity index (χ1) is 8.69. The van der Waals surface area contributed by atoms with Crippen LogP contribution in [0.4, 0.5) is 0 Å². The van der Waals surface area contributed by atoms with Crippen LogP contribution in [0, 0.1) is 0 Å².